The molecule has 2 heterocycles. The SMILES string of the molecule is COc1cc(S(C)(=O)=O)ccc1Nc1ccc2c(n1)N(C)c1ccccc1C(=O)N2C. The van der Waals surface area contributed by atoms with Crippen LogP contribution in [-0.2, 0) is 9.84 Å². The van der Waals surface area contributed by atoms with E-state index in [4.69, 9.17) is 9.72 Å². The zero-order chi connectivity index (χ0) is 22.3. The summed E-state index contributed by atoms with van der Waals surface area (Å²) in [5.41, 5.74) is 2.60. The average molecular weight is 439 g/mol. The fraction of sp³-hybridized carbons (Fsp3) is 0.182. The summed E-state index contributed by atoms with van der Waals surface area (Å²) < 4.78 is 29.0. The Hall–Kier alpha value is -3.59. The van der Waals surface area contributed by atoms with Crippen LogP contribution in [0.3, 0.4) is 0 Å². The highest BCUT2D eigenvalue weighted by molar-refractivity contribution is 7.90. The number of rotatable bonds is 4. The topological polar surface area (TPSA) is 91.8 Å². The zero-order valence-electron chi connectivity index (χ0n) is 17.6. The van der Waals surface area contributed by atoms with E-state index in [-0.39, 0.29) is 10.8 Å². The minimum Gasteiger partial charge on any atom is -0.495 e. The lowest BCUT2D eigenvalue weighted by atomic mass is 10.1. The Bertz CT molecular complexity index is 1290. The van der Waals surface area contributed by atoms with E-state index in [0.29, 0.717) is 34.3 Å². The van der Waals surface area contributed by atoms with Crippen molar-refractivity contribution in [3.8, 4) is 5.75 Å². The number of nitrogens with one attached hydrogen (secondary N) is 1. The van der Waals surface area contributed by atoms with Gasteiger partial charge in [0.1, 0.15) is 11.6 Å². The Balaban J connectivity index is 1.76. The van der Waals surface area contributed by atoms with Crippen molar-refractivity contribution in [1.29, 1.82) is 0 Å². The molecule has 0 bridgehead atoms. The van der Waals surface area contributed by atoms with Crippen LogP contribution in [0.4, 0.5) is 28.7 Å². The van der Waals surface area contributed by atoms with Gasteiger partial charge >= 0.3 is 0 Å². The van der Waals surface area contributed by atoms with Crippen molar-refractivity contribution in [1.82, 2.24) is 4.98 Å². The van der Waals surface area contributed by atoms with Gasteiger partial charge in [-0.05, 0) is 36.4 Å². The Morgan fingerprint density at radius 2 is 1.71 bits per heavy atom. The van der Waals surface area contributed by atoms with Gasteiger partial charge in [0.15, 0.2) is 15.7 Å². The molecule has 1 aromatic heterocycles. The van der Waals surface area contributed by atoms with Crippen LogP contribution in [0.1, 0.15) is 10.4 Å². The summed E-state index contributed by atoms with van der Waals surface area (Å²) in [7, 11) is 1.70. The number of hydrogen-bond acceptors (Lipinski definition) is 7. The van der Waals surface area contributed by atoms with E-state index in [2.05, 4.69) is 5.32 Å². The van der Waals surface area contributed by atoms with Gasteiger partial charge in [0.2, 0.25) is 0 Å². The van der Waals surface area contributed by atoms with E-state index in [9.17, 15) is 13.2 Å². The van der Waals surface area contributed by atoms with E-state index >= 15 is 0 Å². The minimum atomic E-state index is -3.36. The first kappa shape index (κ1) is 20.7. The highest BCUT2D eigenvalue weighted by Gasteiger charge is 2.28. The van der Waals surface area contributed by atoms with Crippen LogP contribution in [0.5, 0.6) is 5.75 Å². The van der Waals surface area contributed by atoms with Crippen LogP contribution in [0, 0.1) is 0 Å². The van der Waals surface area contributed by atoms with Crippen molar-refractivity contribution in [3.05, 3.63) is 60.2 Å². The third-order valence-electron chi connectivity index (χ3n) is 5.20. The molecule has 0 radical (unpaired) electrons. The number of sulfone groups is 1. The number of pyridine rings is 1. The van der Waals surface area contributed by atoms with Gasteiger partial charge < -0.3 is 19.9 Å². The molecule has 0 atom stereocenters. The van der Waals surface area contributed by atoms with Crippen LogP contribution < -0.4 is 19.9 Å². The Morgan fingerprint density at radius 1 is 0.968 bits per heavy atom. The number of benzene rings is 2. The molecule has 9 heteroatoms. The van der Waals surface area contributed by atoms with Crippen molar-refractivity contribution in [2.24, 2.45) is 0 Å². The highest BCUT2D eigenvalue weighted by atomic mass is 32.2. The monoisotopic (exact) mass is 438 g/mol. The first-order valence-corrected chi connectivity index (χ1v) is 11.4. The Labute approximate surface area is 181 Å². The molecule has 0 fully saturated rings. The van der Waals surface area contributed by atoms with Crippen molar-refractivity contribution in [2.45, 2.75) is 4.90 Å². The van der Waals surface area contributed by atoms with E-state index in [1.54, 1.807) is 30.1 Å². The molecule has 160 valence electrons. The van der Waals surface area contributed by atoms with Crippen LogP contribution in [-0.4, -0.2) is 46.8 Å². The fourth-order valence-corrected chi connectivity index (χ4v) is 4.15. The number of aromatic nitrogens is 1. The number of methoxy groups -OCH3 is 1. The number of anilines is 5. The molecular formula is C22H22N4O4S. The van der Waals surface area contributed by atoms with Crippen LogP contribution >= 0.6 is 0 Å². The standard InChI is InChI=1S/C22H22N4O4S/c1-25-17-8-6-5-7-15(17)22(27)26(2)18-11-12-20(24-21(18)25)23-16-10-9-14(31(4,28)29)13-19(16)30-3/h5-13H,1-4H3,(H,23,24). The van der Waals surface area contributed by atoms with Gasteiger partial charge in [0.25, 0.3) is 5.91 Å². The maximum absolute atomic E-state index is 12.9. The Kier molecular flexibility index (Phi) is 5.06. The number of fused-ring (bicyclic) bond motifs is 2. The number of carbonyl (C=O) groups excluding carboxylic acids is 1. The Morgan fingerprint density at radius 3 is 2.42 bits per heavy atom. The number of ether oxygens (including phenoxy) is 1. The first-order chi connectivity index (χ1) is 14.7. The lowest BCUT2D eigenvalue weighted by Gasteiger charge is -2.22. The smallest absolute Gasteiger partial charge is 0.260 e. The van der Waals surface area contributed by atoms with E-state index in [0.717, 1.165) is 11.9 Å². The summed E-state index contributed by atoms with van der Waals surface area (Å²) in [6.45, 7) is 0. The second kappa shape index (κ2) is 7.59. The van der Waals surface area contributed by atoms with Crippen LogP contribution in [0.2, 0.25) is 0 Å². The van der Waals surface area contributed by atoms with Gasteiger partial charge in [-0.15, -0.1) is 0 Å². The molecule has 31 heavy (non-hydrogen) atoms. The summed E-state index contributed by atoms with van der Waals surface area (Å²) in [6, 6.07) is 15.6. The molecule has 1 aliphatic heterocycles. The molecule has 0 unspecified atom stereocenters. The van der Waals surface area contributed by atoms with E-state index < -0.39 is 9.84 Å². The molecular weight excluding hydrogens is 416 g/mol. The average Bonchev–Trinajstić information content (AvgIpc) is 2.83. The number of carbonyl (C=O) groups is 1. The third kappa shape index (κ3) is 3.68. The van der Waals surface area contributed by atoms with Crippen LogP contribution in [0.15, 0.2) is 59.5 Å². The van der Waals surface area contributed by atoms with Crippen LogP contribution in [0.25, 0.3) is 0 Å². The number of para-hydroxylation sites is 1. The van der Waals surface area contributed by atoms with Crippen molar-refractivity contribution >= 4 is 44.4 Å². The molecule has 1 N–H and O–H groups in total. The van der Waals surface area contributed by atoms with Crippen molar-refractivity contribution in [3.63, 3.8) is 0 Å². The molecule has 1 amide bonds. The first-order valence-electron chi connectivity index (χ1n) is 9.47. The third-order valence-corrected chi connectivity index (χ3v) is 6.31. The maximum Gasteiger partial charge on any atom is 0.260 e. The summed E-state index contributed by atoms with van der Waals surface area (Å²) in [5, 5.41) is 3.18. The molecule has 4 rings (SSSR count). The van der Waals surface area contributed by atoms with Gasteiger partial charge in [-0.25, -0.2) is 13.4 Å². The minimum absolute atomic E-state index is 0.109. The van der Waals surface area contributed by atoms with E-state index in [1.165, 1.54) is 19.2 Å². The summed E-state index contributed by atoms with van der Waals surface area (Å²) in [4.78, 5) is 21.3. The molecule has 0 aliphatic carbocycles. The number of hydrogen-bond donors (Lipinski definition) is 1. The lowest BCUT2D eigenvalue weighted by Crippen LogP contribution is -2.25. The zero-order valence-corrected chi connectivity index (χ0v) is 18.4. The van der Waals surface area contributed by atoms with Gasteiger partial charge in [-0.1, -0.05) is 12.1 Å². The normalized spacial score (nSPS) is 13.4. The maximum atomic E-state index is 12.9. The second-order valence-corrected chi connectivity index (χ2v) is 9.25. The van der Waals surface area contributed by atoms with Gasteiger partial charge in [-0.3, -0.25) is 4.79 Å². The molecule has 8 nitrogen and oxygen atoms in total. The van der Waals surface area contributed by atoms with Crippen molar-refractivity contribution < 1.29 is 17.9 Å². The van der Waals surface area contributed by atoms with Gasteiger partial charge in [0.05, 0.1) is 34.6 Å². The second-order valence-electron chi connectivity index (χ2n) is 7.24. The molecule has 1 aliphatic rings. The summed E-state index contributed by atoms with van der Waals surface area (Å²) in [5.74, 6) is 1.40. The molecule has 0 saturated heterocycles. The highest BCUT2D eigenvalue weighted by Crippen LogP contribution is 2.39. The fourth-order valence-electron chi connectivity index (χ4n) is 3.51. The largest absolute Gasteiger partial charge is 0.495 e. The van der Waals surface area contributed by atoms with Gasteiger partial charge in [0, 0.05) is 26.4 Å². The molecule has 2 aromatic carbocycles. The molecule has 3 aromatic rings. The van der Waals surface area contributed by atoms with Gasteiger partial charge in [-0.2, -0.15) is 0 Å². The quantitative estimate of drug-likeness (QED) is 0.665. The molecule has 0 spiro atoms. The molecule has 0 saturated carbocycles. The predicted molar refractivity (Wildman–Crippen MR) is 121 cm³/mol. The summed E-state index contributed by atoms with van der Waals surface area (Å²) >= 11 is 0. The lowest BCUT2D eigenvalue weighted by molar-refractivity contribution is 0.0994. The summed E-state index contributed by atoms with van der Waals surface area (Å²) in [6.07, 6.45) is 1.15. The number of nitrogens with zero attached hydrogens (tertiary/aromatic N) is 3. The predicted octanol–water partition coefficient (Wildman–Crippen LogP) is 3.60. The number of amides is 1. The van der Waals surface area contributed by atoms with E-state index in [1.807, 2.05) is 36.2 Å². The van der Waals surface area contributed by atoms with Crippen molar-refractivity contribution in [2.75, 3.05) is 42.6 Å².